The van der Waals surface area contributed by atoms with Gasteiger partial charge in [0.25, 0.3) is 0 Å². The maximum absolute atomic E-state index is 4.89. The second-order valence-corrected chi connectivity index (χ2v) is 13.2. The van der Waals surface area contributed by atoms with Gasteiger partial charge in [0.05, 0.1) is 22.6 Å². The molecule has 1 saturated heterocycles. The Bertz CT molecular complexity index is 1240. The number of fused-ring (bicyclic) bond motifs is 2. The summed E-state index contributed by atoms with van der Waals surface area (Å²) < 4.78 is 2.16. The Balaban J connectivity index is 1.50. The number of aromatic nitrogens is 5. The molecule has 1 fully saturated rings. The van der Waals surface area contributed by atoms with Gasteiger partial charge in [-0.05, 0) is 74.5 Å². The van der Waals surface area contributed by atoms with Crippen LogP contribution in [0.2, 0.25) is 0 Å². The van der Waals surface area contributed by atoms with Crippen molar-refractivity contribution in [2.45, 2.75) is 32.7 Å². The molecule has 0 atom stereocenters. The van der Waals surface area contributed by atoms with Gasteiger partial charge < -0.3 is 5.32 Å². The number of hydrogen-bond acceptors (Lipinski definition) is 5. The lowest BCUT2D eigenvalue weighted by molar-refractivity contribution is 0.432. The number of nitrogens with one attached hydrogen (secondary N) is 1. The first kappa shape index (κ1) is 19.3. The van der Waals surface area contributed by atoms with E-state index < -0.39 is 10.0 Å². The molecule has 0 unspecified atom stereocenters. The first-order chi connectivity index (χ1) is 14.4. The third kappa shape index (κ3) is 3.51. The van der Waals surface area contributed by atoms with Gasteiger partial charge in [-0.25, -0.2) is 19.7 Å². The molecule has 1 aliphatic rings. The van der Waals surface area contributed by atoms with Crippen molar-refractivity contribution in [1.82, 2.24) is 24.7 Å². The first-order valence-electron chi connectivity index (χ1n) is 10.4. The van der Waals surface area contributed by atoms with Crippen molar-refractivity contribution in [1.29, 1.82) is 0 Å². The molecule has 6 nitrogen and oxygen atoms in total. The standard InChI is InChI=1S/C23H28N6S/c1-15-12-21-17(6-5-9-24-21)13-20(15)26-23-25-14-19-16(2)28-29(22(19)27-23)18-7-10-30(3,4)11-8-18/h5-6,9,12-14,18H,7-8,10-11H2,1-4H3,(H,25,26,27). The maximum atomic E-state index is 4.89. The Morgan fingerprint density at radius 1 is 1.10 bits per heavy atom. The van der Waals surface area contributed by atoms with Crippen LogP contribution in [0.1, 0.15) is 30.1 Å². The van der Waals surface area contributed by atoms with Crippen LogP contribution in [0.15, 0.2) is 36.7 Å². The number of anilines is 2. The fourth-order valence-electron chi connectivity index (χ4n) is 4.26. The highest BCUT2D eigenvalue weighted by Gasteiger charge is 2.27. The molecule has 0 radical (unpaired) electrons. The monoisotopic (exact) mass is 420 g/mol. The molecule has 5 rings (SSSR count). The Labute approximate surface area is 178 Å². The topological polar surface area (TPSA) is 68.5 Å². The summed E-state index contributed by atoms with van der Waals surface area (Å²) in [6.45, 7) is 4.13. The lowest BCUT2D eigenvalue weighted by Gasteiger charge is -2.39. The molecule has 1 N–H and O–H groups in total. The van der Waals surface area contributed by atoms with Crippen molar-refractivity contribution < 1.29 is 0 Å². The summed E-state index contributed by atoms with van der Waals surface area (Å²) in [5, 5.41) is 10.4. The van der Waals surface area contributed by atoms with Gasteiger partial charge in [0.15, 0.2) is 5.65 Å². The van der Waals surface area contributed by atoms with Gasteiger partial charge in [-0.3, -0.25) is 4.98 Å². The van der Waals surface area contributed by atoms with E-state index in [9.17, 15) is 0 Å². The average Bonchev–Trinajstić information content (AvgIpc) is 3.04. The lowest BCUT2D eigenvalue weighted by atomic mass is 10.1. The molecule has 30 heavy (non-hydrogen) atoms. The van der Waals surface area contributed by atoms with Gasteiger partial charge >= 0.3 is 0 Å². The molecule has 3 aromatic heterocycles. The van der Waals surface area contributed by atoms with Crippen LogP contribution in [-0.4, -0.2) is 48.7 Å². The smallest absolute Gasteiger partial charge is 0.229 e. The van der Waals surface area contributed by atoms with Crippen molar-refractivity contribution in [2.24, 2.45) is 0 Å². The summed E-state index contributed by atoms with van der Waals surface area (Å²) in [6, 6.07) is 8.66. The van der Waals surface area contributed by atoms with E-state index in [0.29, 0.717) is 12.0 Å². The largest absolute Gasteiger partial charge is 0.324 e. The highest BCUT2D eigenvalue weighted by molar-refractivity contribution is 8.32. The number of aryl methyl sites for hydroxylation is 2. The van der Waals surface area contributed by atoms with Crippen molar-refractivity contribution in [2.75, 3.05) is 29.3 Å². The average molecular weight is 421 g/mol. The van der Waals surface area contributed by atoms with Crippen LogP contribution in [0, 0.1) is 13.8 Å². The SMILES string of the molecule is Cc1cc2ncccc2cc1Nc1ncc2c(C)nn(C3CCS(C)(C)CC3)c2n1. The fourth-order valence-corrected chi connectivity index (χ4v) is 6.29. The minimum Gasteiger partial charge on any atom is -0.324 e. The van der Waals surface area contributed by atoms with E-state index in [1.54, 1.807) is 0 Å². The zero-order valence-corrected chi connectivity index (χ0v) is 18.8. The van der Waals surface area contributed by atoms with E-state index in [1.807, 2.05) is 25.4 Å². The van der Waals surface area contributed by atoms with Gasteiger partial charge in [-0.15, -0.1) is 0 Å². The van der Waals surface area contributed by atoms with E-state index in [1.165, 1.54) is 24.3 Å². The lowest BCUT2D eigenvalue weighted by Crippen LogP contribution is -2.23. The quantitative estimate of drug-likeness (QED) is 0.497. The predicted molar refractivity (Wildman–Crippen MR) is 127 cm³/mol. The number of nitrogens with zero attached hydrogens (tertiary/aromatic N) is 5. The highest BCUT2D eigenvalue weighted by atomic mass is 32.3. The summed E-state index contributed by atoms with van der Waals surface area (Å²) >= 11 is 0. The number of pyridine rings is 1. The van der Waals surface area contributed by atoms with Gasteiger partial charge in [0, 0.05) is 23.5 Å². The molecule has 4 aromatic rings. The van der Waals surface area contributed by atoms with Crippen LogP contribution in [0.4, 0.5) is 11.6 Å². The molecule has 0 spiro atoms. The molecule has 1 aliphatic heterocycles. The van der Waals surface area contributed by atoms with Crippen molar-refractivity contribution >= 4 is 43.6 Å². The Morgan fingerprint density at radius 3 is 2.70 bits per heavy atom. The Morgan fingerprint density at radius 2 is 1.90 bits per heavy atom. The Kier molecular flexibility index (Phi) is 4.65. The Hall–Kier alpha value is -2.67. The highest BCUT2D eigenvalue weighted by Crippen LogP contribution is 2.48. The molecular weight excluding hydrogens is 392 g/mol. The minimum absolute atomic E-state index is 0.429. The van der Waals surface area contributed by atoms with E-state index in [-0.39, 0.29) is 0 Å². The third-order valence-electron chi connectivity index (χ3n) is 6.18. The van der Waals surface area contributed by atoms with E-state index >= 15 is 0 Å². The van der Waals surface area contributed by atoms with Gasteiger partial charge in [0.1, 0.15) is 0 Å². The summed E-state index contributed by atoms with van der Waals surface area (Å²) in [5.41, 5.74) is 5.05. The summed E-state index contributed by atoms with van der Waals surface area (Å²) in [4.78, 5) is 13.9. The van der Waals surface area contributed by atoms with Gasteiger partial charge in [0.2, 0.25) is 5.95 Å². The van der Waals surface area contributed by atoms with Crippen LogP contribution in [0.5, 0.6) is 0 Å². The maximum Gasteiger partial charge on any atom is 0.229 e. The molecule has 7 heteroatoms. The molecule has 0 amide bonds. The number of benzene rings is 1. The van der Waals surface area contributed by atoms with Crippen molar-refractivity contribution in [3.8, 4) is 0 Å². The van der Waals surface area contributed by atoms with E-state index in [4.69, 9.17) is 10.1 Å². The zero-order chi connectivity index (χ0) is 20.9. The molecule has 4 heterocycles. The first-order valence-corrected chi connectivity index (χ1v) is 13.2. The van der Waals surface area contributed by atoms with Crippen molar-refractivity contribution in [3.05, 3.63) is 47.9 Å². The second kappa shape index (κ2) is 7.23. The van der Waals surface area contributed by atoms with Crippen LogP contribution in [0.25, 0.3) is 21.9 Å². The van der Waals surface area contributed by atoms with Crippen LogP contribution in [-0.2, 0) is 0 Å². The summed E-state index contributed by atoms with van der Waals surface area (Å²) in [5.74, 6) is 3.22. The fraction of sp³-hybridized carbons (Fsp3) is 0.391. The van der Waals surface area contributed by atoms with Crippen molar-refractivity contribution in [3.63, 3.8) is 0 Å². The second-order valence-electron chi connectivity index (χ2n) is 8.86. The van der Waals surface area contributed by atoms with E-state index in [0.717, 1.165) is 38.9 Å². The molecule has 1 aromatic carbocycles. The molecule has 0 bridgehead atoms. The normalized spacial score (nSPS) is 18.0. The predicted octanol–water partition coefficient (Wildman–Crippen LogP) is 5.13. The van der Waals surface area contributed by atoms with Crippen LogP contribution < -0.4 is 5.32 Å². The zero-order valence-electron chi connectivity index (χ0n) is 18.0. The van der Waals surface area contributed by atoms with Gasteiger partial charge in [-0.2, -0.15) is 10.1 Å². The molecule has 0 aliphatic carbocycles. The van der Waals surface area contributed by atoms with Crippen LogP contribution >= 0.6 is 10.0 Å². The minimum atomic E-state index is -0.433. The van der Waals surface area contributed by atoms with E-state index in [2.05, 4.69) is 57.6 Å². The summed E-state index contributed by atoms with van der Waals surface area (Å²) in [7, 11) is -0.433. The number of hydrogen-bond donors (Lipinski definition) is 1. The third-order valence-corrected chi connectivity index (χ3v) is 8.86. The van der Waals surface area contributed by atoms with Crippen LogP contribution in [0.3, 0.4) is 0 Å². The molecular formula is C23H28N6S. The molecule has 156 valence electrons. The summed E-state index contributed by atoms with van der Waals surface area (Å²) in [6.07, 6.45) is 11.0. The number of rotatable bonds is 3. The molecule has 0 saturated carbocycles. The van der Waals surface area contributed by atoms with Gasteiger partial charge in [-0.1, -0.05) is 6.07 Å².